The summed E-state index contributed by atoms with van der Waals surface area (Å²) in [6.07, 6.45) is 7.46. The van der Waals surface area contributed by atoms with Gasteiger partial charge in [0.05, 0.1) is 0 Å². The summed E-state index contributed by atoms with van der Waals surface area (Å²) in [5.41, 5.74) is 0. The van der Waals surface area contributed by atoms with E-state index in [1.54, 1.807) is 0 Å². The second-order valence-corrected chi connectivity index (χ2v) is 5.22. The molecule has 1 aliphatic rings. The SMILES string of the molecule is F[P-](F)(F)(F)(F)F.[Ru+][C]1=CC=CC1. The monoisotopic (exact) mass is 312 g/mol. The van der Waals surface area contributed by atoms with Crippen LogP contribution in [0, 0.1) is 0 Å². The van der Waals surface area contributed by atoms with Gasteiger partial charge in [0.15, 0.2) is 0 Å². The van der Waals surface area contributed by atoms with Gasteiger partial charge in [-0.25, -0.2) is 0 Å². The molecule has 0 bridgehead atoms. The number of rotatable bonds is 0. The molecular formula is C5H5F6PRu. The fourth-order valence-corrected chi connectivity index (χ4v) is 0.788. The molecule has 0 amide bonds. The van der Waals surface area contributed by atoms with Crippen LogP contribution < -0.4 is 0 Å². The first-order chi connectivity index (χ1) is 5.34. The first kappa shape index (κ1) is 13.1. The fraction of sp³-hybridized carbons (Fsp3) is 0.200. The molecule has 0 saturated carbocycles. The van der Waals surface area contributed by atoms with Crippen molar-refractivity contribution in [2.45, 2.75) is 6.42 Å². The van der Waals surface area contributed by atoms with Crippen LogP contribution in [0.2, 0.25) is 0 Å². The van der Waals surface area contributed by atoms with Crippen LogP contribution in [0.3, 0.4) is 0 Å². The minimum atomic E-state index is -10.7. The van der Waals surface area contributed by atoms with E-state index in [2.05, 4.69) is 36.5 Å². The van der Waals surface area contributed by atoms with Gasteiger partial charge in [-0.2, -0.15) is 0 Å². The molecule has 1 aliphatic carbocycles. The predicted molar refractivity (Wildman–Crippen MR) is 35.4 cm³/mol. The molecule has 0 aromatic heterocycles. The van der Waals surface area contributed by atoms with Crippen LogP contribution in [0.15, 0.2) is 22.4 Å². The summed E-state index contributed by atoms with van der Waals surface area (Å²) in [6.45, 7) is 0. The van der Waals surface area contributed by atoms with Gasteiger partial charge in [0.1, 0.15) is 0 Å². The summed E-state index contributed by atoms with van der Waals surface area (Å²) in [7, 11) is -10.7. The van der Waals surface area contributed by atoms with E-state index in [4.69, 9.17) is 0 Å². The molecule has 0 atom stereocenters. The Morgan fingerprint density at radius 3 is 1.54 bits per heavy atom. The average molecular weight is 311 g/mol. The maximum atomic E-state index is 9.87. The van der Waals surface area contributed by atoms with Crippen molar-refractivity contribution in [3.05, 3.63) is 22.4 Å². The summed E-state index contributed by atoms with van der Waals surface area (Å²) in [5.74, 6) is 0. The summed E-state index contributed by atoms with van der Waals surface area (Å²) < 4.78 is 60.6. The number of hydrogen-bond donors (Lipinski definition) is 0. The summed E-state index contributed by atoms with van der Waals surface area (Å²) >= 11 is 2.59. The van der Waals surface area contributed by atoms with Crippen molar-refractivity contribution in [3.63, 3.8) is 0 Å². The van der Waals surface area contributed by atoms with Gasteiger partial charge in [-0.3, -0.25) is 0 Å². The number of halogens is 6. The normalized spacial score (nSPS) is 21.0. The molecule has 0 radical (unpaired) electrons. The first-order valence-corrected chi connectivity index (χ1v) is 5.81. The quantitative estimate of drug-likeness (QED) is 0.344. The summed E-state index contributed by atoms with van der Waals surface area (Å²) in [6, 6.07) is 0. The van der Waals surface area contributed by atoms with E-state index in [-0.39, 0.29) is 0 Å². The molecule has 8 heteroatoms. The molecule has 0 fully saturated rings. The van der Waals surface area contributed by atoms with Crippen LogP contribution in [-0.4, -0.2) is 0 Å². The maximum absolute atomic E-state index is 10.7. The molecule has 0 aliphatic heterocycles. The van der Waals surface area contributed by atoms with Gasteiger partial charge < -0.3 is 0 Å². The Bertz CT molecular complexity index is 234. The van der Waals surface area contributed by atoms with Gasteiger partial charge in [-0.15, -0.1) is 0 Å². The van der Waals surface area contributed by atoms with Crippen molar-refractivity contribution in [3.8, 4) is 0 Å². The van der Waals surface area contributed by atoms with E-state index in [1.807, 2.05) is 0 Å². The molecule has 0 heterocycles. The molecule has 0 spiro atoms. The summed E-state index contributed by atoms with van der Waals surface area (Å²) in [5, 5.41) is 0. The second-order valence-electron chi connectivity index (χ2n) is 2.19. The van der Waals surface area contributed by atoms with Crippen LogP contribution >= 0.6 is 7.81 Å². The van der Waals surface area contributed by atoms with Gasteiger partial charge in [-0.1, -0.05) is 0 Å². The van der Waals surface area contributed by atoms with Crippen LogP contribution in [0.4, 0.5) is 25.2 Å². The third kappa shape index (κ3) is 24.5. The van der Waals surface area contributed by atoms with Crippen molar-refractivity contribution < 1.29 is 43.5 Å². The Labute approximate surface area is 80.6 Å². The predicted octanol–water partition coefficient (Wildman–Crippen LogP) is 4.76. The second kappa shape index (κ2) is 3.06. The first-order valence-electron chi connectivity index (χ1n) is 2.91. The summed E-state index contributed by atoms with van der Waals surface area (Å²) in [4.78, 5) is 0. The Morgan fingerprint density at radius 1 is 1.08 bits per heavy atom. The van der Waals surface area contributed by atoms with Gasteiger partial charge in [0.2, 0.25) is 0 Å². The minimum absolute atomic E-state index is 1.14. The van der Waals surface area contributed by atoms with E-state index in [9.17, 15) is 25.2 Å². The zero-order valence-electron chi connectivity index (χ0n) is 6.01. The van der Waals surface area contributed by atoms with Crippen molar-refractivity contribution in [2.24, 2.45) is 0 Å². The van der Waals surface area contributed by atoms with Crippen molar-refractivity contribution in [1.82, 2.24) is 0 Å². The number of hydrogen-bond acceptors (Lipinski definition) is 0. The molecule has 0 N–H and O–H groups in total. The fourth-order valence-electron chi connectivity index (χ4n) is 0.416. The van der Waals surface area contributed by atoms with Gasteiger partial charge in [0.25, 0.3) is 0 Å². The third-order valence-corrected chi connectivity index (χ3v) is 1.36. The topological polar surface area (TPSA) is 0 Å². The van der Waals surface area contributed by atoms with Crippen LogP contribution in [-0.2, 0) is 18.3 Å². The van der Waals surface area contributed by atoms with Gasteiger partial charge >= 0.3 is 80.1 Å². The molecule has 0 aromatic carbocycles. The van der Waals surface area contributed by atoms with E-state index in [1.165, 1.54) is 4.17 Å². The molecule has 0 nitrogen and oxygen atoms in total. The Balaban J connectivity index is 0.000000223. The van der Waals surface area contributed by atoms with Gasteiger partial charge in [0, 0.05) is 0 Å². The van der Waals surface area contributed by atoms with Crippen molar-refractivity contribution in [2.75, 3.05) is 0 Å². The van der Waals surface area contributed by atoms with Crippen molar-refractivity contribution >= 4 is 7.81 Å². The molecule has 80 valence electrons. The van der Waals surface area contributed by atoms with E-state index in [0.29, 0.717) is 0 Å². The zero-order valence-corrected chi connectivity index (χ0v) is 8.64. The van der Waals surface area contributed by atoms with Crippen LogP contribution in [0.5, 0.6) is 0 Å². The molecule has 0 unspecified atom stereocenters. The van der Waals surface area contributed by atoms with E-state index < -0.39 is 7.81 Å². The molecule has 13 heavy (non-hydrogen) atoms. The van der Waals surface area contributed by atoms with Crippen LogP contribution in [0.25, 0.3) is 0 Å². The van der Waals surface area contributed by atoms with E-state index in [0.717, 1.165) is 6.42 Å². The Kier molecular flexibility index (Phi) is 3.09. The number of allylic oxidation sites excluding steroid dienone is 4. The molecule has 1 rings (SSSR count). The Hall–Kier alpha value is 0.113. The van der Waals surface area contributed by atoms with Crippen LogP contribution in [0.1, 0.15) is 6.42 Å². The van der Waals surface area contributed by atoms with Gasteiger partial charge in [-0.05, 0) is 0 Å². The molecule has 0 aromatic rings. The third-order valence-electron chi connectivity index (χ3n) is 0.717. The molecule has 0 saturated heterocycles. The van der Waals surface area contributed by atoms with Crippen molar-refractivity contribution in [1.29, 1.82) is 0 Å². The standard InChI is InChI=1S/C5H5.F6P.Ru/c1-2-4-5-3-1;1-7(2,3,4,5)6;/h1-3H,4H2;;/q;-1;+1. The molecular weight excluding hydrogens is 306 g/mol. The Morgan fingerprint density at radius 2 is 1.46 bits per heavy atom. The van der Waals surface area contributed by atoms with E-state index >= 15 is 0 Å². The average Bonchev–Trinajstić information content (AvgIpc) is 2.07. The zero-order chi connectivity index (χ0) is 10.8.